The van der Waals surface area contributed by atoms with E-state index in [4.69, 9.17) is 4.42 Å². The number of furan rings is 1. The van der Waals surface area contributed by atoms with Gasteiger partial charge in [-0.3, -0.25) is 0 Å². The van der Waals surface area contributed by atoms with E-state index in [9.17, 15) is 5.11 Å². The number of aromatic nitrogens is 4. The molecule has 7 nitrogen and oxygen atoms in total. The maximum absolute atomic E-state index is 10.2. The average Bonchev–Trinajstić information content (AvgIpc) is 3.37. The highest BCUT2D eigenvalue weighted by molar-refractivity contribution is 6.02. The van der Waals surface area contributed by atoms with Gasteiger partial charge in [0.15, 0.2) is 5.88 Å². The van der Waals surface area contributed by atoms with Gasteiger partial charge in [-0.15, -0.1) is 0 Å². The molecule has 3 N–H and O–H groups in total. The van der Waals surface area contributed by atoms with Crippen LogP contribution in [-0.2, 0) is 0 Å². The maximum atomic E-state index is 10.2. The van der Waals surface area contributed by atoms with E-state index in [0.717, 1.165) is 22.0 Å². The minimum atomic E-state index is 0.00366. The van der Waals surface area contributed by atoms with Crippen molar-refractivity contribution < 1.29 is 9.52 Å². The Kier molecular flexibility index (Phi) is 3.11. The van der Waals surface area contributed by atoms with Crippen molar-refractivity contribution in [3.05, 3.63) is 60.5 Å². The van der Waals surface area contributed by atoms with Crippen LogP contribution >= 0.6 is 0 Å². The van der Waals surface area contributed by atoms with Gasteiger partial charge < -0.3 is 19.5 Å². The second kappa shape index (κ2) is 5.59. The topological polar surface area (TPSA) is 103 Å². The van der Waals surface area contributed by atoms with E-state index in [-0.39, 0.29) is 5.88 Å². The molecular weight excluding hydrogens is 330 g/mol. The van der Waals surface area contributed by atoms with Gasteiger partial charge in [-0.25, -0.2) is 15.0 Å². The zero-order chi connectivity index (χ0) is 17.5. The van der Waals surface area contributed by atoms with E-state index >= 15 is 0 Å². The number of hydrogen-bond acceptors (Lipinski definition) is 5. The molecule has 0 saturated carbocycles. The predicted molar refractivity (Wildman–Crippen MR) is 98.8 cm³/mol. The molecule has 5 rings (SSSR count). The van der Waals surface area contributed by atoms with Gasteiger partial charge in [0.05, 0.1) is 22.9 Å². The lowest BCUT2D eigenvalue weighted by Crippen LogP contribution is -1.83. The fourth-order valence-electron chi connectivity index (χ4n) is 2.91. The standard InChI is InChI=1S/C19H13N5O2/c25-18-13(10-21-19-22-14-4-1-2-5-15(14)23-19)12-8-11(9-20-17(12)24-18)16-6-3-7-26-16/h1-10,25H,(H,20,24)(H,22,23). The Bertz CT molecular complexity index is 1210. The normalized spacial score (nSPS) is 11.8. The van der Waals surface area contributed by atoms with Gasteiger partial charge in [0.25, 0.3) is 0 Å². The fourth-order valence-corrected chi connectivity index (χ4v) is 2.91. The first-order valence-corrected chi connectivity index (χ1v) is 8.01. The third kappa shape index (κ3) is 2.34. The molecule has 26 heavy (non-hydrogen) atoms. The number of imidazole rings is 1. The first-order valence-electron chi connectivity index (χ1n) is 8.01. The Balaban J connectivity index is 1.59. The van der Waals surface area contributed by atoms with Crippen LogP contribution in [-0.4, -0.2) is 31.3 Å². The summed E-state index contributed by atoms with van der Waals surface area (Å²) in [5.41, 5.74) is 3.68. The van der Waals surface area contributed by atoms with E-state index in [2.05, 4.69) is 24.9 Å². The summed E-state index contributed by atoms with van der Waals surface area (Å²) in [5, 5.41) is 11.0. The highest BCUT2D eigenvalue weighted by Gasteiger charge is 2.12. The second-order valence-corrected chi connectivity index (χ2v) is 5.82. The van der Waals surface area contributed by atoms with Crippen LogP contribution in [0.1, 0.15) is 5.56 Å². The Hall–Kier alpha value is -3.87. The summed E-state index contributed by atoms with van der Waals surface area (Å²) in [6.45, 7) is 0. The molecule has 5 aromatic rings. The molecule has 0 aliphatic carbocycles. The maximum Gasteiger partial charge on any atom is 0.227 e. The van der Waals surface area contributed by atoms with Crippen LogP contribution in [0.4, 0.5) is 5.95 Å². The second-order valence-electron chi connectivity index (χ2n) is 5.82. The smallest absolute Gasteiger partial charge is 0.227 e. The van der Waals surface area contributed by atoms with Crippen molar-refractivity contribution >= 4 is 34.2 Å². The third-order valence-corrected chi connectivity index (χ3v) is 4.17. The van der Waals surface area contributed by atoms with Crippen LogP contribution in [0.25, 0.3) is 33.4 Å². The van der Waals surface area contributed by atoms with Crippen molar-refractivity contribution in [1.29, 1.82) is 0 Å². The molecule has 0 atom stereocenters. The molecule has 126 valence electrons. The number of H-pyrrole nitrogens is 2. The van der Waals surface area contributed by atoms with Crippen molar-refractivity contribution in [2.75, 3.05) is 0 Å². The number of hydrogen-bond donors (Lipinski definition) is 3. The van der Waals surface area contributed by atoms with Crippen LogP contribution < -0.4 is 0 Å². The zero-order valence-electron chi connectivity index (χ0n) is 13.5. The van der Waals surface area contributed by atoms with E-state index in [1.54, 1.807) is 18.7 Å². The number of aromatic amines is 2. The summed E-state index contributed by atoms with van der Waals surface area (Å²) in [7, 11) is 0. The largest absolute Gasteiger partial charge is 0.494 e. The Morgan fingerprint density at radius 2 is 2.04 bits per heavy atom. The molecule has 0 radical (unpaired) electrons. The number of fused-ring (bicyclic) bond motifs is 2. The van der Waals surface area contributed by atoms with Gasteiger partial charge in [-0.05, 0) is 30.3 Å². The number of para-hydroxylation sites is 2. The van der Waals surface area contributed by atoms with Gasteiger partial charge in [0.1, 0.15) is 11.4 Å². The van der Waals surface area contributed by atoms with Crippen LogP contribution in [0, 0.1) is 0 Å². The summed E-state index contributed by atoms with van der Waals surface area (Å²) in [5.74, 6) is 1.18. The number of pyridine rings is 1. The molecule has 4 heterocycles. The Morgan fingerprint density at radius 1 is 1.12 bits per heavy atom. The summed E-state index contributed by atoms with van der Waals surface area (Å²) in [6, 6.07) is 13.3. The quantitative estimate of drug-likeness (QED) is 0.428. The number of nitrogens with zero attached hydrogens (tertiary/aromatic N) is 3. The lowest BCUT2D eigenvalue weighted by molar-refractivity contribution is 0.457. The van der Waals surface area contributed by atoms with Gasteiger partial charge in [-0.2, -0.15) is 0 Å². The van der Waals surface area contributed by atoms with Gasteiger partial charge in [0.2, 0.25) is 5.95 Å². The average molecular weight is 343 g/mol. The van der Waals surface area contributed by atoms with Crippen molar-refractivity contribution in [1.82, 2.24) is 19.9 Å². The zero-order valence-corrected chi connectivity index (χ0v) is 13.5. The highest BCUT2D eigenvalue weighted by Crippen LogP contribution is 2.29. The number of rotatable bonds is 3. The Labute approximate surface area is 147 Å². The Morgan fingerprint density at radius 3 is 2.88 bits per heavy atom. The number of benzene rings is 1. The molecule has 0 fully saturated rings. The molecule has 7 heteroatoms. The summed E-state index contributed by atoms with van der Waals surface area (Å²) >= 11 is 0. The minimum Gasteiger partial charge on any atom is -0.494 e. The molecule has 0 saturated heterocycles. The van der Waals surface area contributed by atoms with Gasteiger partial charge >= 0.3 is 0 Å². The molecular formula is C19H13N5O2. The molecule has 0 aliphatic heterocycles. The van der Waals surface area contributed by atoms with Crippen molar-refractivity contribution in [3.63, 3.8) is 0 Å². The van der Waals surface area contributed by atoms with Crippen LogP contribution in [0.15, 0.2) is 64.3 Å². The van der Waals surface area contributed by atoms with Gasteiger partial charge in [0, 0.05) is 23.4 Å². The minimum absolute atomic E-state index is 0.00366. The van der Waals surface area contributed by atoms with Crippen LogP contribution in [0.3, 0.4) is 0 Å². The summed E-state index contributed by atoms with van der Waals surface area (Å²) in [4.78, 5) is 19.1. The van der Waals surface area contributed by atoms with E-state index in [1.807, 2.05) is 42.5 Å². The summed E-state index contributed by atoms with van der Waals surface area (Å²) < 4.78 is 5.42. The van der Waals surface area contributed by atoms with Crippen molar-refractivity contribution in [2.24, 2.45) is 4.99 Å². The molecule has 0 spiro atoms. The molecule has 4 aromatic heterocycles. The third-order valence-electron chi connectivity index (χ3n) is 4.17. The van der Waals surface area contributed by atoms with Crippen LogP contribution in [0.2, 0.25) is 0 Å². The van der Waals surface area contributed by atoms with Gasteiger partial charge in [-0.1, -0.05) is 12.1 Å². The first kappa shape index (κ1) is 14.5. The lowest BCUT2D eigenvalue weighted by atomic mass is 10.1. The number of aliphatic imine (C=N–C) groups is 1. The van der Waals surface area contributed by atoms with Crippen molar-refractivity contribution in [2.45, 2.75) is 0 Å². The predicted octanol–water partition coefficient (Wildman–Crippen LogP) is 4.16. The molecule has 0 bridgehead atoms. The molecule has 0 aliphatic rings. The van der Waals surface area contributed by atoms with Crippen molar-refractivity contribution in [3.8, 4) is 17.2 Å². The molecule has 1 aromatic carbocycles. The fraction of sp³-hybridized carbons (Fsp3) is 0. The SMILES string of the molecule is Oc1[nH]c2ncc(-c3ccco3)cc2c1C=Nc1nc2ccccc2[nH]1. The molecule has 0 unspecified atom stereocenters. The van der Waals surface area contributed by atoms with E-state index < -0.39 is 0 Å². The van der Waals surface area contributed by atoms with E-state index in [0.29, 0.717) is 22.9 Å². The summed E-state index contributed by atoms with van der Waals surface area (Å²) in [6.07, 6.45) is 4.87. The van der Waals surface area contributed by atoms with E-state index in [1.165, 1.54) is 0 Å². The highest BCUT2D eigenvalue weighted by atomic mass is 16.3. The van der Waals surface area contributed by atoms with Crippen LogP contribution in [0.5, 0.6) is 5.88 Å². The number of aromatic hydroxyl groups is 1. The first-order chi connectivity index (χ1) is 12.8. The molecule has 0 amide bonds. The lowest BCUT2D eigenvalue weighted by Gasteiger charge is -1.97. The monoisotopic (exact) mass is 343 g/mol. The number of nitrogens with one attached hydrogen (secondary N) is 2.